The van der Waals surface area contributed by atoms with Gasteiger partial charge in [0.15, 0.2) is 5.82 Å². The summed E-state index contributed by atoms with van der Waals surface area (Å²) in [5, 5.41) is 7.47. The van der Waals surface area contributed by atoms with Gasteiger partial charge in [-0.2, -0.15) is 4.98 Å². The molecule has 2 atom stereocenters. The van der Waals surface area contributed by atoms with Gasteiger partial charge in [0.2, 0.25) is 15.9 Å². The normalized spacial score (nSPS) is 28.1. The Morgan fingerprint density at radius 2 is 2.22 bits per heavy atom. The van der Waals surface area contributed by atoms with E-state index in [9.17, 15) is 8.42 Å². The molecular formula is C14H25N5O3S. The SMILES string of the molecule is CCS(=O)(=O)N1CCCC(c2nc(C3CNCCN3C)no2)C1. The van der Waals surface area contributed by atoms with Gasteiger partial charge in [0.1, 0.15) is 0 Å². The average Bonchev–Trinajstić information content (AvgIpc) is 3.05. The maximum atomic E-state index is 12.1. The van der Waals surface area contributed by atoms with Crippen molar-refractivity contribution in [3.05, 3.63) is 11.7 Å². The first-order valence-corrected chi connectivity index (χ1v) is 9.84. The van der Waals surface area contributed by atoms with Gasteiger partial charge >= 0.3 is 0 Å². The van der Waals surface area contributed by atoms with Crippen molar-refractivity contribution in [1.82, 2.24) is 24.7 Å². The van der Waals surface area contributed by atoms with Gasteiger partial charge in [-0.15, -0.1) is 0 Å². The van der Waals surface area contributed by atoms with Crippen LogP contribution in [0.15, 0.2) is 4.52 Å². The third-order valence-electron chi connectivity index (χ3n) is 4.76. The molecule has 23 heavy (non-hydrogen) atoms. The average molecular weight is 343 g/mol. The summed E-state index contributed by atoms with van der Waals surface area (Å²) >= 11 is 0. The minimum atomic E-state index is -3.16. The van der Waals surface area contributed by atoms with Gasteiger partial charge in [-0.1, -0.05) is 5.16 Å². The highest BCUT2D eigenvalue weighted by molar-refractivity contribution is 7.89. The predicted molar refractivity (Wildman–Crippen MR) is 85.5 cm³/mol. The van der Waals surface area contributed by atoms with Crippen LogP contribution in [0.5, 0.6) is 0 Å². The number of hydrogen-bond acceptors (Lipinski definition) is 7. The number of likely N-dealkylation sites (N-methyl/N-ethyl adjacent to an activating group) is 1. The maximum Gasteiger partial charge on any atom is 0.231 e. The summed E-state index contributed by atoms with van der Waals surface area (Å²) in [5.74, 6) is 1.38. The summed E-state index contributed by atoms with van der Waals surface area (Å²) in [6.45, 7) is 5.41. The second-order valence-electron chi connectivity index (χ2n) is 6.29. The van der Waals surface area contributed by atoms with Crippen molar-refractivity contribution in [3.63, 3.8) is 0 Å². The molecule has 0 spiro atoms. The second-order valence-corrected chi connectivity index (χ2v) is 8.55. The zero-order valence-corrected chi connectivity index (χ0v) is 14.5. The maximum absolute atomic E-state index is 12.1. The molecule has 130 valence electrons. The Hall–Kier alpha value is -1.03. The van der Waals surface area contributed by atoms with Crippen molar-refractivity contribution in [1.29, 1.82) is 0 Å². The Balaban J connectivity index is 1.72. The van der Waals surface area contributed by atoms with Crippen molar-refractivity contribution >= 4 is 10.0 Å². The van der Waals surface area contributed by atoms with E-state index in [-0.39, 0.29) is 17.7 Å². The predicted octanol–water partition coefficient (Wildman–Crippen LogP) is 0.175. The molecule has 2 unspecified atom stereocenters. The molecule has 1 N–H and O–H groups in total. The van der Waals surface area contributed by atoms with Crippen molar-refractivity contribution in [2.45, 2.75) is 31.7 Å². The molecule has 9 heteroatoms. The van der Waals surface area contributed by atoms with Crippen LogP contribution in [0.4, 0.5) is 0 Å². The Morgan fingerprint density at radius 1 is 1.39 bits per heavy atom. The molecule has 2 fully saturated rings. The second kappa shape index (κ2) is 6.84. The van der Waals surface area contributed by atoms with E-state index in [1.54, 1.807) is 11.2 Å². The lowest BCUT2D eigenvalue weighted by molar-refractivity contribution is 0.190. The van der Waals surface area contributed by atoms with Gasteiger partial charge in [0.25, 0.3) is 0 Å². The van der Waals surface area contributed by atoms with E-state index in [0.717, 1.165) is 32.5 Å². The van der Waals surface area contributed by atoms with Crippen LogP contribution in [0.25, 0.3) is 0 Å². The van der Waals surface area contributed by atoms with E-state index in [1.807, 2.05) is 0 Å². The van der Waals surface area contributed by atoms with Gasteiger partial charge < -0.3 is 9.84 Å². The van der Waals surface area contributed by atoms with E-state index in [1.165, 1.54) is 0 Å². The number of piperidine rings is 1. The fraction of sp³-hybridized carbons (Fsp3) is 0.857. The lowest BCUT2D eigenvalue weighted by Gasteiger charge is -2.31. The number of aromatic nitrogens is 2. The van der Waals surface area contributed by atoms with Crippen LogP contribution < -0.4 is 5.32 Å². The van der Waals surface area contributed by atoms with Crippen LogP contribution in [0.3, 0.4) is 0 Å². The summed E-state index contributed by atoms with van der Waals surface area (Å²) in [6.07, 6.45) is 1.71. The molecule has 0 aromatic carbocycles. The van der Waals surface area contributed by atoms with E-state index in [0.29, 0.717) is 24.8 Å². The number of nitrogens with zero attached hydrogens (tertiary/aromatic N) is 4. The fourth-order valence-corrected chi connectivity index (χ4v) is 4.40. The van der Waals surface area contributed by atoms with Crippen molar-refractivity contribution < 1.29 is 12.9 Å². The molecular weight excluding hydrogens is 318 g/mol. The first-order valence-electron chi connectivity index (χ1n) is 8.23. The number of sulfonamides is 1. The smallest absolute Gasteiger partial charge is 0.231 e. The number of rotatable bonds is 4. The topological polar surface area (TPSA) is 91.6 Å². The van der Waals surface area contributed by atoms with E-state index in [4.69, 9.17) is 4.52 Å². The highest BCUT2D eigenvalue weighted by atomic mass is 32.2. The quantitative estimate of drug-likeness (QED) is 0.833. The molecule has 0 aliphatic carbocycles. The number of nitrogens with one attached hydrogen (secondary N) is 1. The minimum absolute atomic E-state index is 0.00631. The van der Waals surface area contributed by atoms with E-state index >= 15 is 0 Å². The Kier molecular flexibility index (Phi) is 5.00. The Bertz CT molecular complexity index is 632. The Morgan fingerprint density at radius 3 is 2.96 bits per heavy atom. The summed E-state index contributed by atoms with van der Waals surface area (Å²) in [6, 6.07) is 0.111. The molecule has 0 radical (unpaired) electrons. The van der Waals surface area contributed by atoms with Crippen LogP contribution in [0.2, 0.25) is 0 Å². The van der Waals surface area contributed by atoms with E-state index < -0.39 is 10.0 Å². The van der Waals surface area contributed by atoms with Gasteiger partial charge in [0.05, 0.1) is 17.7 Å². The molecule has 1 aromatic heterocycles. The summed E-state index contributed by atoms with van der Waals surface area (Å²) in [4.78, 5) is 6.78. The minimum Gasteiger partial charge on any atom is -0.339 e. The van der Waals surface area contributed by atoms with Gasteiger partial charge in [-0.3, -0.25) is 4.90 Å². The lowest BCUT2D eigenvalue weighted by atomic mass is 10.00. The lowest BCUT2D eigenvalue weighted by Crippen LogP contribution is -2.44. The molecule has 0 saturated carbocycles. The molecule has 8 nitrogen and oxygen atoms in total. The Labute approximate surface area is 137 Å². The molecule has 2 aliphatic rings. The van der Waals surface area contributed by atoms with Gasteiger partial charge in [0, 0.05) is 32.7 Å². The number of piperazine rings is 1. The third-order valence-corrected chi connectivity index (χ3v) is 6.61. The molecule has 3 rings (SSSR count). The highest BCUT2D eigenvalue weighted by Gasteiger charge is 2.33. The van der Waals surface area contributed by atoms with Crippen molar-refractivity contribution in [3.8, 4) is 0 Å². The van der Waals surface area contributed by atoms with Crippen LogP contribution in [-0.4, -0.2) is 73.3 Å². The summed E-state index contributed by atoms with van der Waals surface area (Å²) in [5.41, 5.74) is 0. The number of hydrogen-bond donors (Lipinski definition) is 1. The van der Waals surface area contributed by atoms with E-state index in [2.05, 4.69) is 27.4 Å². The first kappa shape index (κ1) is 16.8. The molecule has 2 aliphatic heterocycles. The third kappa shape index (κ3) is 3.57. The molecule has 2 saturated heterocycles. The summed E-state index contributed by atoms with van der Waals surface area (Å²) in [7, 11) is -1.11. The fourth-order valence-electron chi connectivity index (χ4n) is 3.22. The van der Waals surface area contributed by atoms with Crippen molar-refractivity contribution in [2.24, 2.45) is 0 Å². The molecule has 3 heterocycles. The molecule has 0 bridgehead atoms. The van der Waals surface area contributed by atoms with Crippen LogP contribution >= 0.6 is 0 Å². The van der Waals surface area contributed by atoms with Crippen molar-refractivity contribution in [2.75, 3.05) is 45.5 Å². The first-order chi connectivity index (χ1) is 11.0. The monoisotopic (exact) mass is 343 g/mol. The zero-order valence-electron chi connectivity index (χ0n) is 13.7. The highest BCUT2D eigenvalue weighted by Crippen LogP contribution is 2.28. The van der Waals surface area contributed by atoms with Crippen LogP contribution in [0, 0.1) is 0 Å². The standard InChI is InChI=1S/C14H25N5O3S/c1-3-23(20,21)19-7-4-5-11(10-19)14-16-13(17-22-14)12-9-15-6-8-18(12)2/h11-12,15H,3-10H2,1-2H3. The van der Waals surface area contributed by atoms with Gasteiger partial charge in [-0.25, -0.2) is 12.7 Å². The van der Waals surface area contributed by atoms with Crippen LogP contribution in [-0.2, 0) is 10.0 Å². The zero-order chi connectivity index (χ0) is 16.4. The molecule has 0 amide bonds. The van der Waals surface area contributed by atoms with Crippen LogP contribution in [0.1, 0.15) is 43.4 Å². The molecule has 1 aromatic rings. The largest absolute Gasteiger partial charge is 0.339 e. The summed E-state index contributed by atoms with van der Waals surface area (Å²) < 4.78 is 31.2. The van der Waals surface area contributed by atoms with Gasteiger partial charge in [-0.05, 0) is 26.8 Å².